The van der Waals surface area contributed by atoms with Gasteiger partial charge in [-0.2, -0.15) is 0 Å². The van der Waals surface area contributed by atoms with Gasteiger partial charge >= 0.3 is 51.4 Å². The van der Waals surface area contributed by atoms with Gasteiger partial charge in [-0.05, 0) is 43.0 Å². The number of benzene rings is 2. The topological polar surface area (TPSA) is 62.1 Å². The van der Waals surface area contributed by atoms with Crippen LogP contribution in [0.15, 0.2) is 54.6 Å². The van der Waals surface area contributed by atoms with E-state index in [0.29, 0.717) is 18.4 Å². The van der Waals surface area contributed by atoms with Crippen molar-refractivity contribution < 1.29 is 66.1 Å². The summed E-state index contributed by atoms with van der Waals surface area (Å²) in [5, 5.41) is 12.4. The minimum atomic E-state index is -1.06. The molecule has 3 aromatic rings. The summed E-state index contributed by atoms with van der Waals surface area (Å²) in [6.45, 7) is 0. The number of carboxylic acid groups (broad SMARTS) is 1. The van der Waals surface area contributed by atoms with Crippen molar-refractivity contribution >= 4 is 22.8 Å². The van der Waals surface area contributed by atoms with Gasteiger partial charge in [-0.1, -0.05) is 36.4 Å². The molecule has 0 N–H and O–H groups in total. The average Bonchev–Trinajstić information content (AvgIpc) is 2.96. The van der Waals surface area contributed by atoms with Crippen molar-refractivity contribution in [2.24, 2.45) is 0 Å². The molecule has 1 aliphatic carbocycles. The third-order valence-corrected chi connectivity index (χ3v) is 4.78. The van der Waals surface area contributed by atoms with Gasteiger partial charge in [0.05, 0.1) is 5.52 Å². The molecule has 0 aliphatic heterocycles. The molecule has 0 radical (unpaired) electrons. The molecule has 0 spiro atoms. The van der Waals surface area contributed by atoms with Crippen molar-refractivity contribution in [3.8, 4) is 0 Å². The summed E-state index contributed by atoms with van der Waals surface area (Å²) in [6.07, 6.45) is 2.00. The van der Waals surface area contributed by atoms with E-state index in [1.54, 1.807) is 16.7 Å². The number of aliphatic carboxylic acids is 1. The summed E-state index contributed by atoms with van der Waals surface area (Å²) in [4.78, 5) is 24.7. The Labute approximate surface area is 188 Å². The van der Waals surface area contributed by atoms with Crippen molar-refractivity contribution in [2.75, 3.05) is 0 Å². The number of hydrogen-bond acceptors (Lipinski definition) is 3. The second-order valence-corrected chi connectivity index (χ2v) is 6.15. The summed E-state index contributed by atoms with van der Waals surface area (Å²) in [7, 11) is 0. The van der Waals surface area contributed by atoms with Crippen molar-refractivity contribution in [1.82, 2.24) is 4.57 Å². The van der Waals surface area contributed by atoms with Crippen molar-refractivity contribution in [2.45, 2.75) is 25.2 Å². The smallest absolute Gasteiger partial charge is 0.549 e. The molecule has 1 aromatic heterocycles. The first-order valence-electron chi connectivity index (χ1n) is 8.11. The molecule has 120 valence electrons. The van der Waals surface area contributed by atoms with E-state index >= 15 is 0 Å². The maximum absolute atomic E-state index is 13.1. The van der Waals surface area contributed by atoms with Gasteiger partial charge in [0, 0.05) is 28.5 Å². The SMILES string of the molecule is O=C([O-])C1CCCc2c1c1ccccc1n2C(=O)c1ccccc1.[K+]. The molecule has 1 atom stereocenters. The van der Waals surface area contributed by atoms with Crippen LogP contribution < -0.4 is 56.5 Å². The van der Waals surface area contributed by atoms with Crippen molar-refractivity contribution in [1.29, 1.82) is 0 Å². The fraction of sp³-hybridized carbons (Fsp3) is 0.200. The monoisotopic (exact) mass is 357 g/mol. The first kappa shape index (κ1) is 18.5. The minimum absolute atomic E-state index is 0. The maximum Gasteiger partial charge on any atom is 1.00 e. The molecule has 0 bridgehead atoms. The van der Waals surface area contributed by atoms with Gasteiger partial charge < -0.3 is 9.90 Å². The standard InChI is InChI=1S/C20H17NO3.K/c22-19(13-7-2-1-3-8-13)21-16-11-5-4-9-14(16)18-15(20(23)24)10-6-12-17(18)21;/h1-5,7-9,11,15H,6,10,12H2,(H,23,24);/q;+1/p-1. The van der Waals surface area contributed by atoms with Gasteiger partial charge in [0.15, 0.2) is 0 Å². The first-order chi connectivity index (χ1) is 11.7. The Balaban J connectivity index is 0.00000182. The van der Waals surface area contributed by atoms with Crippen LogP contribution in [0.3, 0.4) is 0 Å². The number of fused-ring (bicyclic) bond motifs is 3. The third kappa shape index (κ3) is 3.15. The zero-order chi connectivity index (χ0) is 16.7. The molecular weight excluding hydrogens is 341 g/mol. The number of para-hydroxylation sites is 1. The van der Waals surface area contributed by atoms with Crippen LogP contribution in [-0.2, 0) is 11.2 Å². The summed E-state index contributed by atoms with van der Waals surface area (Å²) in [5.74, 6) is -1.83. The van der Waals surface area contributed by atoms with Gasteiger partial charge in [0.25, 0.3) is 5.91 Å². The van der Waals surface area contributed by atoms with Gasteiger partial charge in [-0.15, -0.1) is 0 Å². The molecule has 0 fully saturated rings. The van der Waals surface area contributed by atoms with Crippen LogP contribution in [-0.4, -0.2) is 16.4 Å². The number of carbonyl (C=O) groups excluding carboxylic acids is 2. The van der Waals surface area contributed by atoms with Crippen LogP contribution in [0.5, 0.6) is 0 Å². The number of carbonyl (C=O) groups is 2. The van der Waals surface area contributed by atoms with E-state index in [1.165, 1.54) is 0 Å². The Morgan fingerprint density at radius 1 is 1.00 bits per heavy atom. The van der Waals surface area contributed by atoms with Crippen LogP contribution in [0.1, 0.15) is 40.4 Å². The van der Waals surface area contributed by atoms with Gasteiger partial charge in [-0.25, -0.2) is 0 Å². The summed E-state index contributed by atoms with van der Waals surface area (Å²) in [6, 6.07) is 16.6. The van der Waals surface area contributed by atoms with Gasteiger partial charge in [0.1, 0.15) is 0 Å². The number of carboxylic acids is 1. The van der Waals surface area contributed by atoms with E-state index in [9.17, 15) is 14.7 Å². The molecule has 4 rings (SSSR count). The molecule has 25 heavy (non-hydrogen) atoms. The largest absolute Gasteiger partial charge is 1.00 e. The van der Waals surface area contributed by atoms with Crippen LogP contribution in [0.2, 0.25) is 0 Å². The van der Waals surface area contributed by atoms with Crippen molar-refractivity contribution in [3.05, 3.63) is 71.4 Å². The second-order valence-electron chi connectivity index (χ2n) is 6.15. The van der Waals surface area contributed by atoms with Gasteiger partial charge in [-0.3, -0.25) is 9.36 Å². The van der Waals surface area contributed by atoms with Crippen molar-refractivity contribution in [3.63, 3.8) is 0 Å². The molecule has 1 unspecified atom stereocenters. The summed E-state index contributed by atoms with van der Waals surface area (Å²) >= 11 is 0. The Bertz CT molecular complexity index is 946. The molecule has 4 nitrogen and oxygen atoms in total. The van der Waals surface area contributed by atoms with E-state index in [4.69, 9.17) is 0 Å². The number of hydrogen-bond donors (Lipinski definition) is 0. The van der Waals surface area contributed by atoms with E-state index in [-0.39, 0.29) is 57.3 Å². The average molecular weight is 357 g/mol. The molecule has 1 aliphatic rings. The Kier molecular flexibility index (Phi) is 5.60. The number of aromatic nitrogens is 1. The van der Waals surface area contributed by atoms with Crippen LogP contribution in [0, 0.1) is 0 Å². The predicted octanol–water partition coefficient (Wildman–Crippen LogP) is -0.496. The molecule has 5 heteroatoms. The zero-order valence-corrected chi connectivity index (χ0v) is 17.2. The normalized spacial score (nSPS) is 16.1. The summed E-state index contributed by atoms with van der Waals surface area (Å²) < 4.78 is 1.69. The van der Waals surface area contributed by atoms with Gasteiger partial charge in [0.2, 0.25) is 0 Å². The molecular formula is C20H16KNO3. The quantitative estimate of drug-likeness (QED) is 0.581. The zero-order valence-electron chi connectivity index (χ0n) is 14.1. The Morgan fingerprint density at radius 3 is 2.40 bits per heavy atom. The minimum Gasteiger partial charge on any atom is -0.549 e. The summed E-state index contributed by atoms with van der Waals surface area (Å²) in [5.41, 5.74) is 2.92. The number of rotatable bonds is 2. The van der Waals surface area contributed by atoms with E-state index in [1.807, 2.05) is 42.5 Å². The molecule has 0 saturated heterocycles. The Morgan fingerprint density at radius 2 is 1.68 bits per heavy atom. The molecule has 2 aromatic carbocycles. The van der Waals surface area contributed by atoms with Crippen LogP contribution >= 0.6 is 0 Å². The molecule has 1 heterocycles. The fourth-order valence-corrected chi connectivity index (χ4v) is 3.75. The molecule has 0 saturated carbocycles. The number of nitrogens with zero attached hydrogens (tertiary/aromatic N) is 1. The van der Waals surface area contributed by atoms with Crippen LogP contribution in [0.4, 0.5) is 0 Å². The third-order valence-electron chi connectivity index (χ3n) is 4.78. The first-order valence-corrected chi connectivity index (χ1v) is 8.11. The van der Waals surface area contributed by atoms with E-state index < -0.39 is 11.9 Å². The van der Waals surface area contributed by atoms with Crippen LogP contribution in [0.25, 0.3) is 10.9 Å². The molecule has 0 amide bonds. The fourth-order valence-electron chi connectivity index (χ4n) is 3.75. The Hall–Kier alpha value is -1.24. The maximum atomic E-state index is 13.1. The van der Waals surface area contributed by atoms with E-state index in [2.05, 4.69) is 0 Å². The van der Waals surface area contributed by atoms with E-state index in [0.717, 1.165) is 28.6 Å². The second kappa shape index (κ2) is 7.56. The predicted molar refractivity (Wildman–Crippen MR) is 88.8 cm³/mol.